The number of nitrogens with one attached hydrogen (secondary N) is 2. The van der Waals surface area contributed by atoms with Gasteiger partial charge in [0, 0.05) is 11.4 Å². The van der Waals surface area contributed by atoms with Crippen molar-refractivity contribution >= 4 is 17.3 Å². The average molecular weight is 400 g/mol. The Labute approximate surface area is 160 Å². The molecular formula is C18H23F3N4OS. The van der Waals surface area contributed by atoms with Crippen molar-refractivity contribution in [1.82, 2.24) is 15.6 Å². The van der Waals surface area contributed by atoms with Gasteiger partial charge in [0.1, 0.15) is 5.75 Å². The number of hydrogen-bond donors (Lipinski definition) is 2. The van der Waals surface area contributed by atoms with Gasteiger partial charge in [0.05, 0.1) is 23.8 Å². The van der Waals surface area contributed by atoms with Crippen LogP contribution in [-0.4, -0.2) is 30.3 Å². The number of guanidine groups is 1. The predicted molar refractivity (Wildman–Crippen MR) is 101 cm³/mol. The third-order valence-electron chi connectivity index (χ3n) is 3.48. The van der Waals surface area contributed by atoms with Gasteiger partial charge in [-0.25, -0.2) is 9.98 Å². The van der Waals surface area contributed by atoms with E-state index in [9.17, 15) is 13.2 Å². The zero-order valence-electron chi connectivity index (χ0n) is 15.5. The maximum Gasteiger partial charge on any atom is 0.422 e. The fraction of sp³-hybridized carbons (Fsp3) is 0.444. The zero-order chi connectivity index (χ0) is 19.9. The molecule has 0 radical (unpaired) electrons. The van der Waals surface area contributed by atoms with Gasteiger partial charge in [0.25, 0.3) is 0 Å². The monoisotopic (exact) mass is 400 g/mol. The molecule has 1 aromatic heterocycles. The van der Waals surface area contributed by atoms with E-state index in [2.05, 4.69) is 20.6 Å². The summed E-state index contributed by atoms with van der Waals surface area (Å²) < 4.78 is 41.6. The van der Waals surface area contributed by atoms with Gasteiger partial charge < -0.3 is 15.4 Å². The molecule has 0 bridgehead atoms. The van der Waals surface area contributed by atoms with Gasteiger partial charge in [-0.15, -0.1) is 11.3 Å². The molecule has 0 unspecified atom stereocenters. The van der Waals surface area contributed by atoms with Crippen LogP contribution in [0.15, 0.2) is 29.3 Å². The summed E-state index contributed by atoms with van der Waals surface area (Å²) in [5.74, 6) is 0.804. The highest BCUT2D eigenvalue weighted by Gasteiger charge is 2.28. The Morgan fingerprint density at radius 2 is 2.04 bits per heavy atom. The number of ether oxygens (including phenoxy) is 1. The number of halogens is 3. The number of hydrogen-bond acceptors (Lipinski definition) is 4. The van der Waals surface area contributed by atoms with Gasteiger partial charge in [-0.3, -0.25) is 0 Å². The van der Waals surface area contributed by atoms with Crippen molar-refractivity contribution in [3.05, 3.63) is 45.4 Å². The highest BCUT2D eigenvalue weighted by atomic mass is 32.1. The molecule has 1 heterocycles. The summed E-state index contributed by atoms with van der Waals surface area (Å²) in [7, 11) is 0. The third kappa shape index (κ3) is 7.46. The normalized spacial score (nSPS) is 12.1. The Bertz CT molecular complexity index is 774. The van der Waals surface area contributed by atoms with Gasteiger partial charge in [0.2, 0.25) is 0 Å². The molecule has 0 saturated heterocycles. The van der Waals surface area contributed by atoms with Crippen LogP contribution in [0.25, 0.3) is 0 Å². The van der Waals surface area contributed by atoms with E-state index in [1.807, 2.05) is 20.8 Å². The number of aryl methyl sites for hydroxylation is 2. The number of nitrogens with zero attached hydrogens (tertiary/aromatic N) is 2. The topological polar surface area (TPSA) is 58.5 Å². The van der Waals surface area contributed by atoms with E-state index < -0.39 is 12.8 Å². The lowest BCUT2D eigenvalue weighted by Gasteiger charge is -2.12. The molecule has 27 heavy (non-hydrogen) atoms. The van der Waals surface area contributed by atoms with Crippen LogP contribution >= 0.6 is 11.3 Å². The van der Waals surface area contributed by atoms with Crippen molar-refractivity contribution < 1.29 is 17.9 Å². The second-order valence-electron chi connectivity index (χ2n) is 5.84. The van der Waals surface area contributed by atoms with E-state index in [4.69, 9.17) is 4.74 Å². The maximum atomic E-state index is 12.3. The number of thiazole rings is 1. The minimum atomic E-state index is -4.36. The van der Waals surface area contributed by atoms with E-state index >= 15 is 0 Å². The lowest BCUT2D eigenvalue weighted by Crippen LogP contribution is -2.36. The summed E-state index contributed by atoms with van der Waals surface area (Å²) in [4.78, 5) is 10.0. The summed E-state index contributed by atoms with van der Waals surface area (Å²) in [6.45, 7) is 6.21. The first-order valence-electron chi connectivity index (χ1n) is 8.50. The minimum Gasteiger partial charge on any atom is -0.484 e. The number of benzene rings is 1. The summed E-state index contributed by atoms with van der Waals surface area (Å²) in [6.07, 6.45) is -4.36. The predicted octanol–water partition coefficient (Wildman–Crippen LogP) is 3.96. The van der Waals surface area contributed by atoms with Gasteiger partial charge in [-0.2, -0.15) is 13.2 Å². The van der Waals surface area contributed by atoms with Gasteiger partial charge in [0.15, 0.2) is 12.6 Å². The molecule has 2 aromatic rings. The highest BCUT2D eigenvalue weighted by molar-refractivity contribution is 7.11. The molecule has 0 spiro atoms. The standard InChI is InChI=1S/C18H23F3N4OS/c1-4-22-17(24-10-16-12(2)25-13(3)27-16)23-9-14-6-5-7-15(8-14)26-11-18(19,20)21/h5-8H,4,9-11H2,1-3H3,(H2,22,23,24). The number of aliphatic imine (C=N–C) groups is 1. The summed E-state index contributed by atoms with van der Waals surface area (Å²) >= 11 is 1.63. The largest absolute Gasteiger partial charge is 0.484 e. The number of aromatic nitrogens is 1. The summed E-state index contributed by atoms with van der Waals surface area (Å²) in [5, 5.41) is 7.42. The van der Waals surface area contributed by atoms with Gasteiger partial charge >= 0.3 is 6.18 Å². The molecule has 0 amide bonds. The minimum absolute atomic E-state index is 0.175. The summed E-state index contributed by atoms with van der Waals surface area (Å²) in [5.41, 5.74) is 1.76. The molecular weight excluding hydrogens is 377 g/mol. The Morgan fingerprint density at radius 3 is 2.67 bits per heavy atom. The molecule has 0 aliphatic rings. The Morgan fingerprint density at radius 1 is 1.26 bits per heavy atom. The fourth-order valence-corrected chi connectivity index (χ4v) is 3.19. The van der Waals surface area contributed by atoms with Gasteiger partial charge in [-0.1, -0.05) is 12.1 Å². The molecule has 2 rings (SSSR count). The van der Waals surface area contributed by atoms with Crippen molar-refractivity contribution in [1.29, 1.82) is 0 Å². The smallest absolute Gasteiger partial charge is 0.422 e. The van der Waals surface area contributed by atoms with Crippen LogP contribution in [0.2, 0.25) is 0 Å². The Balaban J connectivity index is 1.98. The lowest BCUT2D eigenvalue weighted by atomic mass is 10.2. The van der Waals surface area contributed by atoms with Crippen LogP contribution in [0.1, 0.15) is 28.1 Å². The molecule has 9 heteroatoms. The van der Waals surface area contributed by atoms with E-state index in [-0.39, 0.29) is 5.75 Å². The molecule has 148 valence electrons. The van der Waals surface area contributed by atoms with Crippen molar-refractivity contribution in [2.24, 2.45) is 4.99 Å². The van der Waals surface area contributed by atoms with Crippen molar-refractivity contribution in [2.45, 2.75) is 40.0 Å². The van der Waals surface area contributed by atoms with Crippen LogP contribution in [0, 0.1) is 13.8 Å². The Kier molecular flexibility index (Phi) is 7.46. The van der Waals surface area contributed by atoms with Crippen LogP contribution in [-0.2, 0) is 13.1 Å². The van der Waals surface area contributed by atoms with Crippen molar-refractivity contribution in [2.75, 3.05) is 13.2 Å². The molecule has 0 fully saturated rings. The van der Waals surface area contributed by atoms with E-state index in [1.165, 1.54) is 6.07 Å². The highest BCUT2D eigenvalue weighted by Crippen LogP contribution is 2.20. The molecule has 5 nitrogen and oxygen atoms in total. The first-order valence-corrected chi connectivity index (χ1v) is 9.32. The van der Waals surface area contributed by atoms with E-state index in [0.29, 0.717) is 25.6 Å². The fourth-order valence-electron chi connectivity index (χ4n) is 2.31. The van der Waals surface area contributed by atoms with Gasteiger partial charge in [-0.05, 0) is 38.5 Å². The van der Waals surface area contributed by atoms with Crippen LogP contribution < -0.4 is 15.4 Å². The zero-order valence-corrected chi connectivity index (χ0v) is 16.3. The number of alkyl halides is 3. The van der Waals surface area contributed by atoms with Crippen molar-refractivity contribution in [3.8, 4) is 5.75 Å². The summed E-state index contributed by atoms with van der Waals surface area (Å²) in [6, 6.07) is 6.51. The quantitative estimate of drug-likeness (QED) is 0.546. The van der Waals surface area contributed by atoms with Crippen LogP contribution in [0.3, 0.4) is 0 Å². The van der Waals surface area contributed by atoms with Crippen molar-refractivity contribution in [3.63, 3.8) is 0 Å². The van der Waals surface area contributed by atoms with E-state index in [1.54, 1.807) is 29.5 Å². The molecule has 1 aromatic carbocycles. The van der Waals surface area contributed by atoms with Crippen LogP contribution in [0.5, 0.6) is 5.75 Å². The molecule has 2 N–H and O–H groups in total. The molecule has 0 aliphatic carbocycles. The molecule has 0 aliphatic heterocycles. The first kappa shape index (κ1) is 21.0. The van der Waals surface area contributed by atoms with Crippen LogP contribution in [0.4, 0.5) is 13.2 Å². The Hall–Kier alpha value is -2.29. The number of rotatable bonds is 7. The first-order chi connectivity index (χ1) is 12.8. The lowest BCUT2D eigenvalue weighted by molar-refractivity contribution is -0.153. The molecule has 0 atom stereocenters. The maximum absolute atomic E-state index is 12.3. The van der Waals surface area contributed by atoms with E-state index in [0.717, 1.165) is 21.1 Å². The SMILES string of the molecule is CCNC(=NCc1cccc(OCC(F)(F)F)c1)NCc1sc(C)nc1C. The second kappa shape index (κ2) is 9.59. The average Bonchev–Trinajstić information content (AvgIpc) is 2.93. The second-order valence-corrected chi connectivity index (χ2v) is 7.13. The molecule has 0 saturated carbocycles. The third-order valence-corrected chi connectivity index (χ3v) is 4.55.